The lowest BCUT2D eigenvalue weighted by atomic mass is 9.96. The van der Waals surface area contributed by atoms with Crippen molar-refractivity contribution >= 4 is 30.7 Å². The van der Waals surface area contributed by atoms with E-state index in [9.17, 15) is 4.79 Å². The van der Waals surface area contributed by atoms with Crippen molar-refractivity contribution < 1.29 is 4.79 Å². The van der Waals surface area contributed by atoms with Gasteiger partial charge in [0.2, 0.25) is 5.91 Å². The van der Waals surface area contributed by atoms with Gasteiger partial charge in [0.1, 0.15) is 0 Å². The van der Waals surface area contributed by atoms with Gasteiger partial charge in [0.05, 0.1) is 6.04 Å². The summed E-state index contributed by atoms with van der Waals surface area (Å²) in [6.45, 7) is 3.88. The van der Waals surface area contributed by atoms with Crippen LogP contribution >= 0.6 is 24.8 Å². The van der Waals surface area contributed by atoms with Gasteiger partial charge in [0.25, 0.3) is 0 Å². The van der Waals surface area contributed by atoms with Crippen LogP contribution in [-0.2, 0) is 4.79 Å². The fourth-order valence-electron chi connectivity index (χ4n) is 2.13. The van der Waals surface area contributed by atoms with E-state index in [-0.39, 0.29) is 42.7 Å². The van der Waals surface area contributed by atoms with Gasteiger partial charge < -0.3 is 10.6 Å². The van der Waals surface area contributed by atoms with Crippen molar-refractivity contribution in [1.29, 1.82) is 0 Å². The quantitative estimate of drug-likeness (QED) is 0.899. The number of amides is 1. The molecule has 0 spiro atoms. The Morgan fingerprint density at radius 2 is 2.11 bits per heavy atom. The van der Waals surface area contributed by atoms with E-state index in [1.165, 1.54) is 0 Å². The third-order valence-corrected chi connectivity index (χ3v) is 3.25. The second kappa shape index (κ2) is 9.13. The second-order valence-corrected chi connectivity index (χ2v) is 4.54. The lowest BCUT2D eigenvalue weighted by molar-refractivity contribution is -0.126. The second-order valence-electron chi connectivity index (χ2n) is 4.54. The molecule has 0 unspecified atom stereocenters. The van der Waals surface area contributed by atoms with Gasteiger partial charge in [-0.2, -0.15) is 0 Å². The fourth-order valence-corrected chi connectivity index (χ4v) is 2.13. The van der Waals surface area contributed by atoms with E-state index in [0.717, 1.165) is 31.5 Å². The van der Waals surface area contributed by atoms with Crippen LogP contribution in [0.1, 0.15) is 31.4 Å². The zero-order valence-electron chi connectivity index (χ0n) is 11.0. The maximum atomic E-state index is 12.0. The summed E-state index contributed by atoms with van der Waals surface area (Å²) in [5.41, 5.74) is 1.05. The Morgan fingerprint density at radius 3 is 2.68 bits per heavy atom. The molecular formula is C13H21Cl2N3O. The van der Waals surface area contributed by atoms with Gasteiger partial charge in [-0.05, 0) is 44.5 Å². The number of nitrogens with zero attached hydrogens (tertiary/aromatic N) is 1. The van der Waals surface area contributed by atoms with Crippen LogP contribution in [-0.4, -0.2) is 24.0 Å². The Kier molecular flexibility index (Phi) is 8.72. The molecule has 6 heteroatoms. The zero-order valence-corrected chi connectivity index (χ0v) is 12.6. The molecule has 0 bridgehead atoms. The van der Waals surface area contributed by atoms with E-state index in [1.54, 1.807) is 12.4 Å². The minimum Gasteiger partial charge on any atom is -0.349 e. The highest BCUT2D eigenvalue weighted by Gasteiger charge is 2.22. The molecule has 0 aromatic carbocycles. The molecule has 1 atom stereocenters. The first-order valence-corrected chi connectivity index (χ1v) is 6.18. The van der Waals surface area contributed by atoms with Crippen LogP contribution < -0.4 is 10.6 Å². The molecule has 0 radical (unpaired) electrons. The van der Waals surface area contributed by atoms with Gasteiger partial charge in [0.15, 0.2) is 0 Å². The third-order valence-electron chi connectivity index (χ3n) is 3.25. The summed E-state index contributed by atoms with van der Waals surface area (Å²) in [5.74, 6) is 0.332. The molecule has 0 saturated carbocycles. The van der Waals surface area contributed by atoms with Crippen molar-refractivity contribution in [2.24, 2.45) is 5.92 Å². The highest BCUT2D eigenvalue weighted by atomic mass is 35.5. The molecule has 1 saturated heterocycles. The third kappa shape index (κ3) is 5.35. The van der Waals surface area contributed by atoms with Crippen molar-refractivity contribution in [3.8, 4) is 0 Å². The number of carbonyl (C=O) groups excluding carboxylic acids is 1. The van der Waals surface area contributed by atoms with Crippen LogP contribution in [0, 0.1) is 5.92 Å². The smallest absolute Gasteiger partial charge is 0.223 e. The summed E-state index contributed by atoms with van der Waals surface area (Å²) < 4.78 is 0. The molecule has 108 valence electrons. The molecule has 1 aromatic rings. The topological polar surface area (TPSA) is 54.0 Å². The number of piperidine rings is 1. The predicted octanol–water partition coefficient (Wildman–Crippen LogP) is 2.10. The van der Waals surface area contributed by atoms with E-state index < -0.39 is 0 Å². The number of rotatable bonds is 3. The monoisotopic (exact) mass is 305 g/mol. The van der Waals surface area contributed by atoms with Crippen molar-refractivity contribution in [3.63, 3.8) is 0 Å². The molecule has 1 aliphatic rings. The van der Waals surface area contributed by atoms with Crippen LogP contribution in [0.25, 0.3) is 0 Å². The van der Waals surface area contributed by atoms with Crippen molar-refractivity contribution in [2.45, 2.75) is 25.8 Å². The van der Waals surface area contributed by atoms with Crippen LogP contribution in [0.15, 0.2) is 24.5 Å². The van der Waals surface area contributed by atoms with Crippen molar-refractivity contribution in [3.05, 3.63) is 30.1 Å². The van der Waals surface area contributed by atoms with Crippen LogP contribution in [0.2, 0.25) is 0 Å². The van der Waals surface area contributed by atoms with Crippen LogP contribution in [0.5, 0.6) is 0 Å². The number of halogens is 2. The highest BCUT2D eigenvalue weighted by molar-refractivity contribution is 5.85. The molecule has 1 aliphatic heterocycles. The molecule has 2 N–H and O–H groups in total. The molecule has 2 heterocycles. The Balaban J connectivity index is 0.00000162. The first-order valence-electron chi connectivity index (χ1n) is 6.18. The molecule has 0 aliphatic carbocycles. The van der Waals surface area contributed by atoms with E-state index >= 15 is 0 Å². The minimum atomic E-state index is 0. The van der Waals surface area contributed by atoms with E-state index in [4.69, 9.17) is 0 Å². The average Bonchev–Trinajstić information content (AvgIpc) is 2.40. The Hall–Kier alpha value is -0.840. The maximum Gasteiger partial charge on any atom is 0.223 e. The first-order chi connectivity index (χ1) is 8.27. The number of nitrogens with one attached hydrogen (secondary N) is 2. The summed E-state index contributed by atoms with van der Waals surface area (Å²) >= 11 is 0. The molecule has 1 amide bonds. The number of carbonyl (C=O) groups is 1. The van der Waals surface area contributed by atoms with Gasteiger partial charge in [-0.3, -0.25) is 9.78 Å². The van der Waals surface area contributed by atoms with Gasteiger partial charge in [-0.15, -0.1) is 24.8 Å². The normalized spacial score (nSPS) is 16.7. The Labute approximate surface area is 126 Å². The number of pyridine rings is 1. The lowest BCUT2D eigenvalue weighted by Crippen LogP contribution is -2.39. The molecule has 1 aromatic heterocycles. The standard InChI is InChI=1S/C13H19N3O.2ClH/c1-10(12-3-2-6-15-9-12)16-13(17)11-4-7-14-8-5-11;;/h2-3,6,9-11,14H,4-5,7-8H2,1H3,(H,16,17);2*1H/t10-;;/m0../s1. The molecule has 19 heavy (non-hydrogen) atoms. The first kappa shape index (κ1) is 18.2. The van der Waals surface area contributed by atoms with Crippen LogP contribution in [0.3, 0.4) is 0 Å². The minimum absolute atomic E-state index is 0. The van der Waals surface area contributed by atoms with E-state index in [1.807, 2.05) is 19.1 Å². The van der Waals surface area contributed by atoms with Gasteiger partial charge >= 0.3 is 0 Å². The van der Waals surface area contributed by atoms with Gasteiger partial charge in [-0.25, -0.2) is 0 Å². The average molecular weight is 306 g/mol. The molecule has 1 fully saturated rings. The Morgan fingerprint density at radius 1 is 1.42 bits per heavy atom. The molecular weight excluding hydrogens is 285 g/mol. The van der Waals surface area contributed by atoms with E-state index in [2.05, 4.69) is 15.6 Å². The predicted molar refractivity (Wildman–Crippen MR) is 80.9 cm³/mol. The van der Waals surface area contributed by atoms with Crippen LogP contribution in [0.4, 0.5) is 0 Å². The molecule has 2 rings (SSSR count). The summed E-state index contributed by atoms with van der Waals surface area (Å²) in [7, 11) is 0. The summed E-state index contributed by atoms with van der Waals surface area (Å²) in [4.78, 5) is 16.1. The summed E-state index contributed by atoms with van der Waals surface area (Å²) in [6, 6.07) is 3.91. The van der Waals surface area contributed by atoms with E-state index in [0.29, 0.717) is 0 Å². The lowest BCUT2D eigenvalue weighted by Gasteiger charge is -2.24. The number of hydrogen-bond donors (Lipinski definition) is 2. The molecule has 4 nitrogen and oxygen atoms in total. The highest BCUT2D eigenvalue weighted by Crippen LogP contribution is 2.15. The van der Waals surface area contributed by atoms with Crippen molar-refractivity contribution in [2.75, 3.05) is 13.1 Å². The summed E-state index contributed by atoms with van der Waals surface area (Å²) in [5, 5.41) is 6.32. The number of aromatic nitrogens is 1. The van der Waals surface area contributed by atoms with Gasteiger partial charge in [0, 0.05) is 18.3 Å². The largest absolute Gasteiger partial charge is 0.349 e. The SMILES string of the molecule is C[C@H](NC(=O)C1CCNCC1)c1cccnc1.Cl.Cl. The van der Waals surface area contributed by atoms with Gasteiger partial charge in [-0.1, -0.05) is 6.07 Å². The Bertz CT molecular complexity index is 369. The fraction of sp³-hybridized carbons (Fsp3) is 0.538. The zero-order chi connectivity index (χ0) is 12.1. The summed E-state index contributed by atoms with van der Waals surface area (Å²) in [6.07, 6.45) is 5.41. The maximum absolute atomic E-state index is 12.0. The number of hydrogen-bond acceptors (Lipinski definition) is 3. The van der Waals surface area contributed by atoms with Crippen molar-refractivity contribution in [1.82, 2.24) is 15.6 Å².